The average Bonchev–Trinajstić information content (AvgIpc) is 2.46. The molecule has 110 valence electrons. The number of hydrogen-bond donors (Lipinski definition) is 2. The Morgan fingerprint density at radius 1 is 1.05 bits per heavy atom. The van der Waals surface area contributed by atoms with Gasteiger partial charge in [-0.25, -0.2) is 0 Å². The molecule has 0 saturated heterocycles. The third-order valence-corrected chi connectivity index (χ3v) is 3.85. The van der Waals surface area contributed by atoms with Crippen molar-refractivity contribution in [2.45, 2.75) is 38.7 Å². The Bertz CT molecular complexity index is 385. The van der Waals surface area contributed by atoms with Gasteiger partial charge >= 0.3 is 7.12 Å². The molecule has 2 N–H and O–H groups in total. The Hall–Kier alpha value is -1.04. The number of ether oxygens (including phenoxy) is 2. The molecule has 4 nitrogen and oxygen atoms in total. The van der Waals surface area contributed by atoms with Crippen LogP contribution in [0.3, 0.4) is 0 Å². The van der Waals surface area contributed by atoms with Gasteiger partial charge in [0.05, 0.1) is 12.7 Å². The zero-order chi connectivity index (χ0) is 14.4. The second kappa shape index (κ2) is 7.67. The standard InChI is InChI=1S/C15H23BO4/c1-12-2-6-14(7-3-12)19-10-11-20-15-8-4-13(5-9-15)16(17)18/h4-5,8-9,12,14,17-18H,2-3,6-7,10-11H2,1H3. The summed E-state index contributed by atoms with van der Waals surface area (Å²) in [5, 5.41) is 18.0. The molecule has 20 heavy (non-hydrogen) atoms. The van der Waals surface area contributed by atoms with Crippen LogP contribution in [-0.2, 0) is 4.74 Å². The molecule has 0 amide bonds. The SMILES string of the molecule is CC1CCC(OCCOc2ccc(B(O)O)cc2)CC1. The molecule has 1 aromatic rings. The molecule has 1 fully saturated rings. The van der Waals surface area contributed by atoms with Crippen LogP contribution in [0.25, 0.3) is 0 Å². The Morgan fingerprint density at radius 3 is 2.30 bits per heavy atom. The van der Waals surface area contributed by atoms with Crippen LogP contribution in [0.2, 0.25) is 0 Å². The predicted octanol–water partition coefficient (Wildman–Crippen LogP) is 1.34. The zero-order valence-corrected chi connectivity index (χ0v) is 12.0. The van der Waals surface area contributed by atoms with E-state index in [0.717, 1.165) is 24.5 Å². The second-order valence-corrected chi connectivity index (χ2v) is 5.54. The topological polar surface area (TPSA) is 58.9 Å². The van der Waals surface area contributed by atoms with Gasteiger partial charge < -0.3 is 19.5 Å². The van der Waals surface area contributed by atoms with Crippen molar-refractivity contribution in [3.8, 4) is 5.75 Å². The molecule has 0 aliphatic heterocycles. The highest BCUT2D eigenvalue weighted by Crippen LogP contribution is 2.25. The van der Waals surface area contributed by atoms with Crippen molar-refractivity contribution in [2.75, 3.05) is 13.2 Å². The van der Waals surface area contributed by atoms with Gasteiger partial charge in [0.1, 0.15) is 12.4 Å². The summed E-state index contributed by atoms with van der Waals surface area (Å²) in [4.78, 5) is 0. The van der Waals surface area contributed by atoms with Gasteiger partial charge in [-0.05, 0) is 49.2 Å². The zero-order valence-electron chi connectivity index (χ0n) is 12.0. The van der Waals surface area contributed by atoms with E-state index in [1.54, 1.807) is 24.3 Å². The van der Waals surface area contributed by atoms with Gasteiger partial charge in [-0.1, -0.05) is 19.1 Å². The number of rotatable bonds is 6. The van der Waals surface area contributed by atoms with Gasteiger partial charge in [0.25, 0.3) is 0 Å². The summed E-state index contributed by atoms with van der Waals surface area (Å²) in [5.74, 6) is 1.56. The third-order valence-electron chi connectivity index (χ3n) is 3.85. The molecule has 0 aromatic heterocycles. The lowest BCUT2D eigenvalue weighted by Gasteiger charge is -2.26. The largest absolute Gasteiger partial charge is 0.491 e. The molecule has 0 spiro atoms. The van der Waals surface area contributed by atoms with E-state index in [9.17, 15) is 0 Å². The van der Waals surface area contributed by atoms with Crippen LogP contribution in [-0.4, -0.2) is 36.5 Å². The minimum atomic E-state index is -1.43. The van der Waals surface area contributed by atoms with Gasteiger partial charge in [0, 0.05) is 0 Å². The van der Waals surface area contributed by atoms with Crippen molar-refractivity contribution in [2.24, 2.45) is 5.92 Å². The van der Waals surface area contributed by atoms with Crippen molar-refractivity contribution >= 4 is 12.6 Å². The van der Waals surface area contributed by atoms with Crippen LogP contribution in [0.1, 0.15) is 32.6 Å². The fourth-order valence-electron chi connectivity index (χ4n) is 2.51. The van der Waals surface area contributed by atoms with Crippen LogP contribution >= 0.6 is 0 Å². The molecular formula is C15H23BO4. The van der Waals surface area contributed by atoms with Gasteiger partial charge in [-0.2, -0.15) is 0 Å². The minimum Gasteiger partial charge on any atom is -0.491 e. The molecule has 1 aliphatic rings. The van der Waals surface area contributed by atoms with E-state index < -0.39 is 7.12 Å². The second-order valence-electron chi connectivity index (χ2n) is 5.54. The normalized spacial score (nSPS) is 22.6. The highest BCUT2D eigenvalue weighted by Gasteiger charge is 2.18. The molecule has 0 unspecified atom stereocenters. The summed E-state index contributed by atoms with van der Waals surface area (Å²) < 4.78 is 11.4. The van der Waals surface area contributed by atoms with E-state index >= 15 is 0 Å². The smallest absolute Gasteiger partial charge is 0.488 e. The number of benzene rings is 1. The Morgan fingerprint density at radius 2 is 1.70 bits per heavy atom. The Labute approximate surface area is 120 Å². The first-order valence-electron chi connectivity index (χ1n) is 7.35. The summed E-state index contributed by atoms with van der Waals surface area (Å²) in [6.07, 6.45) is 5.23. The van der Waals surface area contributed by atoms with Crippen LogP contribution in [0.15, 0.2) is 24.3 Å². The van der Waals surface area contributed by atoms with Crippen molar-refractivity contribution < 1.29 is 19.5 Å². The summed E-state index contributed by atoms with van der Waals surface area (Å²) >= 11 is 0. The predicted molar refractivity (Wildman–Crippen MR) is 79.1 cm³/mol. The van der Waals surface area contributed by atoms with Crippen LogP contribution < -0.4 is 10.2 Å². The molecule has 5 heteroatoms. The van der Waals surface area contributed by atoms with E-state index in [4.69, 9.17) is 19.5 Å². The molecular weight excluding hydrogens is 255 g/mol. The van der Waals surface area contributed by atoms with Crippen LogP contribution in [0.5, 0.6) is 5.75 Å². The van der Waals surface area contributed by atoms with E-state index in [0.29, 0.717) is 24.8 Å². The summed E-state index contributed by atoms with van der Waals surface area (Å²) in [7, 11) is -1.43. The molecule has 0 atom stereocenters. The third kappa shape index (κ3) is 4.82. The van der Waals surface area contributed by atoms with Gasteiger partial charge in [-0.15, -0.1) is 0 Å². The highest BCUT2D eigenvalue weighted by atomic mass is 16.5. The molecule has 0 bridgehead atoms. The fourth-order valence-corrected chi connectivity index (χ4v) is 2.51. The van der Waals surface area contributed by atoms with E-state index in [1.807, 2.05) is 0 Å². The quantitative estimate of drug-likeness (QED) is 0.609. The minimum absolute atomic E-state index is 0.390. The van der Waals surface area contributed by atoms with Gasteiger partial charge in [0.2, 0.25) is 0 Å². The molecule has 1 saturated carbocycles. The summed E-state index contributed by atoms with van der Waals surface area (Å²) in [6, 6.07) is 6.75. The molecule has 0 radical (unpaired) electrons. The van der Waals surface area contributed by atoms with Crippen molar-refractivity contribution in [3.05, 3.63) is 24.3 Å². The van der Waals surface area contributed by atoms with Gasteiger partial charge in [-0.3, -0.25) is 0 Å². The monoisotopic (exact) mass is 278 g/mol. The van der Waals surface area contributed by atoms with Crippen LogP contribution in [0.4, 0.5) is 0 Å². The molecule has 0 heterocycles. The summed E-state index contributed by atoms with van der Waals surface area (Å²) in [6.45, 7) is 3.42. The summed E-state index contributed by atoms with van der Waals surface area (Å²) in [5.41, 5.74) is 0.463. The molecule has 2 rings (SSSR count). The van der Waals surface area contributed by atoms with Crippen molar-refractivity contribution in [1.82, 2.24) is 0 Å². The maximum atomic E-state index is 8.99. The first-order valence-corrected chi connectivity index (χ1v) is 7.35. The molecule has 1 aromatic carbocycles. The van der Waals surface area contributed by atoms with Crippen molar-refractivity contribution in [1.29, 1.82) is 0 Å². The van der Waals surface area contributed by atoms with E-state index in [1.165, 1.54) is 12.8 Å². The fraction of sp³-hybridized carbons (Fsp3) is 0.600. The maximum Gasteiger partial charge on any atom is 0.488 e. The van der Waals surface area contributed by atoms with Gasteiger partial charge in [0.15, 0.2) is 0 Å². The maximum absolute atomic E-state index is 8.99. The van der Waals surface area contributed by atoms with Crippen LogP contribution in [0, 0.1) is 5.92 Å². The molecule has 1 aliphatic carbocycles. The lowest BCUT2D eigenvalue weighted by molar-refractivity contribution is 0.00571. The lowest BCUT2D eigenvalue weighted by Crippen LogP contribution is -2.29. The highest BCUT2D eigenvalue weighted by molar-refractivity contribution is 6.58. The first kappa shape index (κ1) is 15.4. The number of hydrogen-bond acceptors (Lipinski definition) is 4. The Balaban J connectivity index is 1.63. The first-order chi connectivity index (χ1) is 9.65. The Kier molecular flexibility index (Phi) is 5.89. The van der Waals surface area contributed by atoms with E-state index in [2.05, 4.69) is 6.92 Å². The lowest BCUT2D eigenvalue weighted by atomic mass is 9.80. The average molecular weight is 278 g/mol. The van der Waals surface area contributed by atoms with Crippen molar-refractivity contribution in [3.63, 3.8) is 0 Å². The van der Waals surface area contributed by atoms with E-state index in [-0.39, 0.29) is 0 Å².